The highest BCUT2D eigenvalue weighted by molar-refractivity contribution is 6.34. The summed E-state index contributed by atoms with van der Waals surface area (Å²) in [5, 5.41) is 52.1. The molecule has 28 nitrogen and oxygen atoms in total. The average Bonchev–Trinajstić information content (AvgIpc) is 0.997. The minimum atomic E-state index is -0.386. The van der Waals surface area contributed by atoms with Crippen LogP contribution in [0.2, 0.25) is 40.2 Å². The first-order valence-electron chi connectivity index (χ1n) is 41.8. The lowest BCUT2D eigenvalue weighted by molar-refractivity contribution is 0.101. The maximum atomic E-state index is 13.1. The Labute approximate surface area is 811 Å². The minimum Gasteiger partial charge on any atom is -0.495 e. The molecule has 12 aromatic rings. The molecule has 0 spiro atoms. The SMILES string of the molecule is CN.COc1cc(Cl)cc(C(=O)Nc2ccc(Cl)cn2)c1NCc1ccc(C(=N)N2CCC2)cc1.COc1cc(Cl)cc(C(=O)Nc2ccc(Cl)cn2)c1NCc1ccc(C(=N)N2CCCCC2)cc1.COc1cc(Cl)cc(C(=O)Nc2ccc(Cl)cn2)c1NCc1ccc(C(C)=N)cc1.COc1cc(Cl)cc(C(=O)Nc2ccc(Cl)cn2)c1NCc1ccc(C2=NCCN2C)cc1. The second-order valence-corrected chi connectivity index (χ2v) is 33.4. The Balaban J connectivity index is 0.000000170. The number of piperidine rings is 1. The van der Waals surface area contributed by atoms with Gasteiger partial charge in [-0.05, 0) is 140 Å². The van der Waals surface area contributed by atoms with Crippen LogP contribution in [0.4, 0.5) is 46.0 Å². The second-order valence-electron chi connectivity index (χ2n) is 29.9. The predicted octanol–water partition coefficient (Wildman–Crippen LogP) is 21.5. The fourth-order valence-electron chi connectivity index (χ4n) is 13.8. The third kappa shape index (κ3) is 28.5. The molecule has 7 heterocycles. The molecule has 0 bridgehead atoms. The summed E-state index contributed by atoms with van der Waals surface area (Å²) in [5.41, 5.74) is 16.2. The number of amides is 4. The number of amidine groups is 3. The highest BCUT2D eigenvalue weighted by Gasteiger charge is 2.26. The second kappa shape index (κ2) is 49.5. The maximum Gasteiger partial charge on any atom is 0.259 e. The third-order valence-electron chi connectivity index (χ3n) is 20.8. The smallest absolute Gasteiger partial charge is 0.259 e. The van der Waals surface area contributed by atoms with E-state index in [9.17, 15) is 19.2 Å². The monoisotopic (exact) mass is 1950 g/mol. The Hall–Kier alpha value is -13.0. The predicted molar refractivity (Wildman–Crippen MR) is 538 cm³/mol. The Morgan fingerprint density at radius 3 is 0.857 bits per heavy atom. The maximum absolute atomic E-state index is 13.1. The molecule has 13 N–H and O–H groups in total. The van der Waals surface area contributed by atoms with E-state index in [1.807, 2.05) is 96.9 Å². The van der Waals surface area contributed by atoms with Gasteiger partial charge in [-0.2, -0.15) is 0 Å². The third-order valence-corrected chi connectivity index (χ3v) is 22.6. The lowest BCUT2D eigenvalue weighted by Crippen LogP contribution is -2.42. The Morgan fingerprint density at radius 2 is 0.624 bits per heavy atom. The van der Waals surface area contributed by atoms with Gasteiger partial charge in [-0.25, -0.2) is 19.9 Å². The molecular weight excluding hydrogens is 1860 g/mol. The number of nitrogens with zero attached hydrogens (tertiary/aromatic N) is 8. The van der Waals surface area contributed by atoms with Crippen molar-refractivity contribution in [1.82, 2.24) is 34.6 Å². The van der Waals surface area contributed by atoms with Gasteiger partial charge >= 0.3 is 0 Å². The molecule has 0 saturated carbocycles. The van der Waals surface area contributed by atoms with Gasteiger partial charge in [0, 0.05) is 157 Å². The quantitative estimate of drug-likeness (QED) is 0.0160. The molecule has 3 aliphatic rings. The molecule has 0 radical (unpaired) electrons. The lowest BCUT2D eigenvalue weighted by atomic mass is 10.1. The number of hydrogen-bond donors (Lipinski definition) is 12. The zero-order valence-electron chi connectivity index (χ0n) is 73.6. The Kier molecular flexibility index (Phi) is 37.4. The molecule has 15 rings (SSSR count). The van der Waals surface area contributed by atoms with Crippen LogP contribution in [0, 0.1) is 16.2 Å². The minimum absolute atomic E-state index is 0.322. The van der Waals surface area contributed by atoms with Crippen LogP contribution in [0.25, 0.3) is 0 Å². The number of hydrogen-bond acceptors (Lipinski definition) is 22. The van der Waals surface area contributed by atoms with E-state index in [4.69, 9.17) is 128 Å². The first-order chi connectivity index (χ1) is 64.2. The van der Waals surface area contributed by atoms with Gasteiger partial charge in [-0.15, -0.1) is 0 Å². The van der Waals surface area contributed by atoms with Crippen LogP contribution in [0.3, 0.4) is 0 Å². The van der Waals surface area contributed by atoms with Gasteiger partial charge in [0.1, 0.15) is 63.8 Å². The number of pyridine rings is 4. The molecule has 0 atom stereocenters. The molecule has 3 aliphatic heterocycles. The van der Waals surface area contributed by atoms with E-state index >= 15 is 0 Å². The Bertz CT molecular complexity index is 6090. The number of likely N-dealkylation sites (N-methyl/N-ethyl adjacent to an activating group) is 1. The molecule has 0 aliphatic carbocycles. The normalized spacial score (nSPS) is 12.2. The van der Waals surface area contributed by atoms with Gasteiger partial charge < -0.3 is 87.3 Å². The standard InChI is InChI=1S/C26H27Cl2N5O2.2C24H23Cl2N5O2.C22H20Cl2N4O2.CH5N/c1-35-22-14-20(28)13-21(26(34)32-23-10-9-19(27)16-30-23)24(22)31-15-17-5-7-18(8-6-17)25(29)33-11-3-2-4-12-33;1-31-10-9-27-23(31)16-5-3-15(4-6-16)13-29-22-19(11-18(26)12-20(22)33-2)24(32)30-21-8-7-17(25)14-28-21;1-33-20-12-18(26)11-19(24(32)30-21-8-7-17(25)14-28-21)22(20)29-13-15-3-5-16(6-4-15)23(27)31-9-2-10-31;1-13(25)15-5-3-14(4-6-15)11-27-21-18(9-17(24)10-19(21)30-2)22(29)28-20-8-7-16(23)12-26-20;1-2/h5-10,13-14,16,29,31H,2-4,11-12,15H2,1H3,(H,30,32,34);3-8,11-12,14,29H,9-10,13H2,1-2H3,(H,28,30,32);3-8,11-12,14,27,29H,2,9-10,13H2,1H3,(H,28,30,32);3-10,12,25,27H,11H2,1-2H3,(H,26,28,29);2H2,1H3. The van der Waals surface area contributed by atoms with Gasteiger partial charge in [0.05, 0.1) is 100 Å². The molecule has 2 saturated heterocycles. The van der Waals surface area contributed by atoms with E-state index in [-0.39, 0.29) is 23.6 Å². The number of carbonyl (C=O) groups excluding carboxylic acids is 4. The van der Waals surface area contributed by atoms with Crippen LogP contribution in [0.15, 0.2) is 224 Å². The van der Waals surface area contributed by atoms with Crippen molar-refractivity contribution in [3.05, 3.63) is 326 Å². The largest absolute Gasteiger partial charge is 0.495 e. The topological polar surface area (TPSA) is 373 Å². The molecule has 0 unspecified atom stereocenters. The van der Waals surface area contributed by atoms with Crippen LogP contribution < -0.4 is 67.2 Å². The number of nitrogens with one attached hydrogen (secondary N) is 11. The number of aromatic nitrogens is 4. The number of ether oxygens (including phenoxy) is 4. The fraction of sp³-hybridized carbons (Fsp3) is 0.216. The Morgan fingerprint density at radius 1 is 0.353 bits per heavy atom. The number of carbonyl (C=O) groups is 4. The van der Waals surface area contributed by atoms with Crippen molar-refractivity contribution in [1.29, 1.82) is 16.2 Å². The number of benzene rings is 8. The van der Waals surface area contributed by atoms with Crippen molar-refractivity contribution in [2.75, 3.05) is 124 Å². The van der Waals surface area contributed by atoms with E-state index < -0.39 is 0 Å². The van der Waals surface area contributed by atoms with Crippen LogP contribution in [0.1, 0.15) is 119 Å². The molecular formula is C97H98Cl8N20O8. The van der Waals surface area contributed by atoms with Gasteiger partial charge in [-0.3, -0.25) is 35.0 Å². The van der Waals surface area contributed by atoms with Gasteiger partial charge in [0.25, 0.3) is 23.6 Å². The molecule has 133 heavy (non-hydrogen) atoms. The van der Waals surface area contributed by atoms with E-state index in [0.29, 0.717) is 175 Å². The summed E-state index contributed by atoms with van der Waals surface area (Å²) in [6.07, 6.45) is 10.5. The average molecular weight is 1960 g/mol. The van der Waals surface area contributed by atoms with Gasteiger partial charge in [-0.1, -0.05) is 190 Å². The van der Waals surface area contributed by atoms with Crippen molar-refractivity contribution in [2.24, 2.45) is 10.7 Å². The zero-order chi connectivity index (χ0) is 95.2. The highest BCUT2D eigenvalue weighted by atomic mass is 35.5. The van der Waals surface area contributed by atoms with Crippen LogP contribution in [-0.2, 0) is 26.2 Å². The summed E-state index contributed by atoms with van der Waals surface area (Å²) in [7, 11) is 9.64. The zero-order valence-corrected chi connectivity index (χ0v) is 79.7. The molecule has 36 heteroatoms. The summed E-state index contributed by atoms with van der Waals surface area (Å²) in [5.74, 6) is 3.91. The molecule has 690 valence electrons. The van der Waals surface area contributed by atoms with E-state index in [0.717, 1.165) is 109 Å². The molecule has 4 amide bonds. The van der Waals surface area contributed by atoms with E-state index in [1.54, 1.807) is 104 Å². The van der Waals surface area contributed by atoms with Crippen molar-refractivity contribution in [2.45, 2.75) is 58.8 Å². The first kappa shape index (κ1) is 101. The summed E-state index contributed by atoms with van der Waals surface area (Å²) in [6, 6.07) is 57.6. The lowest BCUT2D eigenvalue weighted by Gasteiger charge is -2.33. The van der Waals surface area contributed by atoms with E-state index in [1.165, 1.54) is 66.7 Å². The summed E-state index contributed by atoms with van der Waals surface area (Å²) >= 11 is 48.4. The molecule has 2 fully saturated rings. The van der Waals surface area contributed by atoms with Crippen LogP contribution >= 0.6 is 92.8 Å². The summed E-state index contributed by atoms with van der Waals surface area (Å²) < 4.78 is 21.9. The summed E-state index contributed by atoms with van der Waals surface area (Å²) in [6.45, 7) is 9.10. The fourth-order valence-corrected chi connectivity index (χ4v) is 15.1. The van der Waals surface area contributed by atoms with Crippen molar-refractivity contribution in [3.8, 4) is 23.0 Å². The van der Waals surface area contributed by atoms with Crippen molar-refractivity contribution < 1.29 is 38.1 Å². The number of rotatable bonds is 28. The van der Waals surface area contributed by atoms with Crippen LogP contribution in [0.5, 0.6) is 23.0 Å². The van der Waals surface area contributed by atoms with Gasteiger partial charge in [0.15, 0.2) is 0 Å². The first-order valence-corrected chi connectivity index (χ1v) is 44.8. The number of anilines is 8. The number of methoxy groups -OCH3 is 4. The van der Waals surface area contributed by atoms with Crippen molar-refractivity contribution in [3.63, 3.8) is 0 Å². The number of nitrogens with two attached hydrogens (primary N) is 1. The number of aliphatic imine (C=N–C) groups is 1. The van der Waals surface area contributed by atoms with E-state index in [2.05, 4.69) is 95.1 Å². The molecule has 8 aromatic carbocycles. The summed E-state index contributed by atoms with van der Waals surface area (Å²) in [4.78, 5) is 79.3. The van der Waals surface area contributed by atoms with Crippen LogP contribution in [-0.4, -0.2) is 163 Å². The van der Waals surface area contributed by atoms with Crippen molar-refractivity contribution >= 4 is 186 Å². The number of likely N-dealkylation sites (tertiary alicyclic amines) is 2. The number of halogens is 8. The van der Waals surface area contributed by atoms with Gasteiger partial charge in [0.2, 0.25) is 0 Å². The molecule has 4 aromatic heterocycles. The highest BCUT2D eigenvalue weighted by Crippen LogP contribution is 2.39.